The Morgan fingerprint density at radius 1 is 1.11 bits per heavy atom. The fourth-order valence-electron chi connectivity index (χ4n) is 1.93. The Kier molecular flexibility index (Phi) is 4.49. The highest BCUT2D eigenvalue weighted by atomic mass is 79.9. The van der Waals surface area contributed by atoms with Gasteiger partial charge in [-0.25, -0.2) is 0 Å². The van der Waals surface area contributed by atoms with E-state index < -0.39 is 0 Å². The first-order valence-corrected chi connectivity index (χ1v) is 7.00. The van der Waals surface area contributed by atoms with Gasteiger partial charge < -0.3 is 9.73 Å². The molecule has 0 spiro atoms. The zero-order chi connectivity index (χ0) is 13.1. The predicted octanol–water partition coefficient (Wildman–Crippen LogP) is 5.11. The first-order valence-electron chi connectivity index (χ1n) is 5.83. The van der Waals surface area contributed by atoms with Crippen molar-refractivity contribution in [2.45, 2.75) is 25.9 Å². The lowest BCUT2D eigenvalue weighted by Crippen LogP contribution is -2.22. The zero-order valence-corrected chi connectivity index (χ0v) is 12.6. The molecule has 1 aromatic heterocycles. The van der Waals surface area contributed by atoms with Crippen molar-refractivity contribution in [3.8, 4) is 0 Å². The molecule has 0 aliphatic rings. The van der Waals surface area contributed by atoms with E-state index in [4.69, 9.17) is 16.0 Å². The molecule has 0 saturated carbocycles. The van der Waals surface area contributed by atoms with Gasteiger partial charge in [-0.3, -0.25) is 0 Å². The molecule has 96 valence electrons. The Hall–Kier alpha value is -0.770. The summed E-state index contributed by atoms with van der Waals surface area (Å²) in [7, 11) is 0. The Balaban J connectivity index is 2.08. The van der Waals surface area contributed by atoms with Crippen molar-refractivity contribution in [1.29, 1.82) is 0 Å². The van der Waals surface area contributed by atoms with Gasteiger partial charge in [-0.2, -0.15) is 0 Å². The second-order valence-electron chi connectivity index (χ2n) is 4.27. The number of furan rings is 1. The molecule has 0 amide bonds. The summed E-state index contributed by atoms with van der Waals surface area (Å²) >= 11 is 9.49. The molecule has 4 heteroatoms. The lowest BCUT2D eigenvalue weighted by Gasteiger charge is -2.19. The smallest absolute Gasteiger partial charge is 0.169 e. The van der Waals surface area contributed by atoms with Crippen molar-refractivity contribution in [3.63, 3.8) is 0 Å². The number of halogens is 2. The van der Waals surface area contributed by atoms with Gasteiger partial charge in [0.2, 0.25) is 0 Å². The average molecular weight is 329 g/mol. The van der Waals surface area contributed by atoms with Gasteiger partial charge >= 0.3 is 0 Å². The molecule has 2 atom stereocenters. The summed E-state index contributed by atoms with van der Waals surface area (Å²) in [4.78, 5) is 0. The van der Waals surface area contributed by atoms with Crippen LogP contribution in [0.2, 0.25) is 5.02 Å². The SMILES string of the molecule is CC(NC(C)c1ccccc1Cl)c1ccc(Br)o1. The largest absolute Gasteiger partial charge is 0.453 e. The number of benzene rings is 1. The van der Waals surface area contributed by atoms with Crippen LogP contribution in [-0.4, -0.2) is 0 Å². The van der Waals surface area contributed by atoms with E-state index in [1.165, 1.54) is 0 Å². The topological polar surface area (TPSA) is 25.2 Å². The van der Waals surface area contributed by atoms with Crippen LogP contribution in [-0.2, 0) is 0 Å². The van der Waals surface area contributed by atoms with Crippen LogP contribution in [0.15, 0.2) is 45.5 Å². The molecule has 0 radical (unpaired) electrons. The maximum Gasteiger partial charge on any atom is 0.169 e. The van der Waals surface area contributed by atoms with Crippen LogP contribution >= 0.6 is 27.5 Å². The number of nitrogens with one attached hydrogen (secondary N) is 1. The predicted molar refractivity (Wildman–Crippen MR) is 77.8 cm³/mol. The average Bonchev–Trinajstić information content (AvgIpc) is 2.76. The number of hydrogen-bond donors (Lipinski definition) is 1. The third-order valence-corrected chi connectivity index (χ3v) is 3.66. The summed E-state index contributed by atoms with van der Waals surface area (Å²) in [5.41, 5.74) is 1.09. The lowest BCUT2D eigenvalue weighted by molar-refractivity contribution is 0.394. The van der Waals surface area contributed by atoms with E-state index in [-0.39, 0.29) is 12.1 Å². The zero-order valence-electron chi connectivity index (χ0n) is 10.3. The minimum absolute atomic E-state index is 0.127. The van der Waals surface area contributed by atoms with Crippen LogP contribution in [0.25, 0.3) is 0 Å². The van der Waals surface area contributed by atoms with Crippen molar-refractivity contribution in [2.24, 2.45) is 0 Å². The van der Waals surface area contributed by atoms with Gasteiger partial charge in [-0.15, -0.1) is 0 Å². The van der Waals surface area contributed by atoms with E-state index in [0.29, 0.717) is 0 Å². The molecule has 2 nitrogen and oxygen atoms in total. The lowest BCUT2D eigenvalue weighted by atomic mass is 10.1. The molecule has 18 heavy (non-hydrogen) atoms. The van der Waals surface area contributed by atoms with E-state index >= 15 is 0 Å². The fraction of sp³-hybridized carbons (Fsp3) is 0.286. The molecular weight excluding hydrogens is 314 g/mol. The van der Waals surface area contributed by atoms with Crippen LogP contribution in [0, 0.1) is 0 Å². The van der Waals surface area contributed by atoms with Gasteiger partial charge in [0.15, 0.2) is 4.67 Å². The summed E-state index contributed by atoms with van der Waals surface area (Å²) in [5, 5.41) is 4.25. The molecule has 1 aromatic carbocycles. The standard InChI is InChI=1S/C14H15BrClNO/c1-9(11-5-3-4-6-12(11)16)17-10(2)13-7-8-14(15)18-13/h3-10,17H,1-2H3. The molecule has 1 heterocycles. The second kappa shape index (κ2) is 5.91. The first kappa shape index (κ1) is 13.7. The summed E-state index contributed by atoms with van der Waals surface area (Å²) < 4.78 is 6.28. The summed E-state index contributed by atoms with van der Waals surface area (Å²) in [6.07, 6.45) is 0. The Morgan fingerprint density at radius 2 is 1.83 bits per heavy atom. The van der Waals surface area contributed by atoms with Crippen molar-refractivity contribution >= 4 is 27.5 Å². The second-order valence-corrected chi connectivity index (χ2v) is 5.46. The normalized spacial score (nSPS) is 14.4. The molecular formula is C14H15BrClNO. The first-order chi connectivity index (χ1) is 8.58. The highest BCUT2D eigenvalue weighted by Gasteiger charge is 2.15. The van der Waals surface area contributed by atoms with Gasteiger partial charge in [0.25, 0.3) is 0 Å². The van der Waals surface area contributed by atoms with Crippen molar-refractivity contribution in [2.75, 3.05) is 0 Å². The monoisotopic (exact) mass is 327 g/mol. The molecule has 2 unspecified atom stereocenters. The highest BCUT2D eigenvalue weighted by molar-refractivity contribution is 9.10. The third-order valence-electron chi connectivity index (χ3n) is 2.89. The molecule has 1 N–H and O–H groups in total. The number of rotatable bonds is 4. The molecule has 2 aromatic rings. The highest BCUT2D eigenvalue weighted by Crippen LogP contribution is 2.26. The quantitative estimate of drug-likeness (QED) is 0.844. The van der Waals surface area contributed by atoms with Crippen LogP contribution < -0.4 is 5.32 Å². The molecule has 0 saturated heterocycles. The Morgan fingerprint density at radius 3 is 2.44 bits per heavy atom. The van der Waals surface area contributed by atoms with E-state index in [9.17, 15) is 0 Å². The Labute approximate surface area is 120 Å². The third kappa shape index (κ3) is 3.16. The minimum Gasteiger partial charge on any atom is -0.453 e. The van der Waals surface area contributed by atoms with E-state index in [1.807, 2.05) is 36.4 Å². The Bertz CT molecular complexity index is 526. The van der Waals surface area contributed by atoms with Gasteiger partial charge in [0.05, 0.1) is 6.04 Å². The van der Waals surface area contributed by atoms with Crippen molar-refractivity contribution in [3.05, 3.63) is 57.4 Å². The number of hydrogen-bond acceptors (Lipinski definition) is 2. The van der Waals surface area contributed by atoms with E-state index in [2.05, 4.69) is 35.1 Å². The maximum atomic E-state index is 6.18. The van der Waals surface area contributed by atoms with E-state index in [1.54, 1.807) is 0 Å². The molecule has 0 fully saturated rings. The van der Waals surface area contributed by atoms with Gasteiger partial charge in [-0.05, 0) is 53.5 Å². The summed E-state index contributed by atoms with van der Waals surface area (Å²) in [6.45, 7) is 4.16. The van der Waals surface area contributed by atoms with Crippen LogP contribution in [0.5, 0.6) is 0 Å². The summed E-state index contributed by atoms with van der Waals surface area (Å²) in [6, 6.07) is 12.0. The van der Waals surface area contributed by atoms with Crippen molar-refractivity contribution in [1.82, 2.24) is 5.32 Å². The van der Waals surface area contributed by atoms with Crippen molar-refractivity contribution < 1.29 is 4.42 Å². The molecule has 0 aliphatic carbocycles. The van der Waals surface area contributed by atoms with Gasteiger partial charge in [-0.1, -0.05) is 29.8 Å². The van der Waals surface area contributed by atoms with Gasteiger partial charge in [0.1, 0.15) is 5.76 Å². The molecule has 0 aliphatic heterocycles. The summed E-state index contributed by atoms with van der Waals surface area (Å²) in [5.74, 6) is 0.903. The van der Waals surface area contributed by atoms with Crippen LogP contribution in [0.4, 0.5) is 0 Å². The molecule has 2 rings (SSSR count). The molecule has 0 bridgehead atoms. The fourth-order valence-corrected chi connectivity index (χ4v) is 2.55. The van der Waals surface area contributed by atoms with Gasteiger partial charge in [0, 0.05) is 11.1 Å². The maximum absolute atomic E-state index is 6.18. The van der Waals surface area contributed by atoms with E-state index in [0.717, 1.165) is 21.0 Å². The van der Waals surface area contributed by atoms with Crippen LogP contribution in [0.3, 0.4) is 0 Å². The minimum atomic E-state index is 0.127. The van der Waals surface area contributed by atoms with Crippen LogP contribution in [0.1, 0.15) is 37.3 Å².